The van der Waals surface area contributed by atoms with Crippen molar-refractivity contribution in [1.82, 2.24) is 5.32 Å². The molecule has 2 nitrogen and oxygen atoms in total. The van der Waals surface area contributed by atoms with Gasteiger partial charge in [-0.2, -0.15) is 0 Å². The molecule has 1 amide bonds. The predicted octanol–water partition coefficient (Wildman–Crippen LogP) is 3.38. The van der Waals surface area contributed by atoms with E-state index >= 15 is 0 Å². The number of halogens is 3. The van der Waals surface area contributed by atoms with Crippen molar-refractivity contribution in [3.05, 3.63) is 70.5 Å². The second-order valence-electron chi connectivity index (χ2n) is 4.68. The van der Waals surface area contributed by atoms with Crippen molar-refractivity contribution in [2.24, 2.45) is 0 Å². The van der Waals surface area contributed by atoms with Crippen molar-refractivity contribution in [3.8, 4) is 0 Å². The first-order valence-electron chi connectivity index (χ1n) is 6.46. The van der Waals surface area contributed by atoms with E-state index in [9.17, 15) is 18.0 Å². The molecule has 0 spiro atoms. The summed E-state index contributed by atoms with van der Waals surface area (Å²) in [6, 6.07) is 7.84. The van der Waals surface area contributed by atoms with Crippen LogP contribution in [0.1, 0.15) is 21.5 Å². The van der Waals surface area contributed by atoms with Gasteiger partial charge in [-0.05, 0) is 48.7 Å². The van der Waals surface area contributed by atoms with Crippen molar-refractivity contribution in [2.75, 3.05) is 6.54 Å². The summed E-state index contributed by atoms with van der Waals surface area (Å²) < 4.78 is 39.4. The molecule has 2 aromatic rings. The summed E-state index contributed by atoms with van der Waals surface area (Å²) in [5.41, 5.74) is 1.34. The minimum absolute atomic E-state index is 0.251. The highest BCUT2D eigenvalue weighted by Crippen LogP contribution is 2.12. The van der Waals surface area contributed by atoms with Crippen LogP contribution in [0, 0.1) is 24.4 Å². The Labute approximate surface area is 120 Å². The molecule has 0 saturated heterocycles. The molecule has 0 bridgehead atoms. The maximum absolute atomic E-state index is 13.4. The largest absolute Gasteiger partial charge is 0.352 e. The molecule has 0 aromatic heterocycles. The number of carbonyl (C=O) groups is 1. The number of hydrogen-bond donors (Lipinski definition) is 1. The molecule has 0 heterocycles. The molecule has 0 aliphatic rings. The highest BCUT2D eigenvalue weighted by molar-refractivity contribution is 5.94. The van der Waals surface area contributed by atoms with E-state index in [4.69, 9.17) is 0 Å². The first-order valence-corrected chi connectivity index (χ1v) is 6.46. The van der Waals surface area contributed by atoms with Crippen LogP contribution >= 0.6 is 0 Å². The van der Waals surface area contributed by atoms with Crippen LogP contribution in [0.4, 0.5) is 13.2 Å². The Morgan fingerprint density at radius 3 is 2.62 bits per heavy atom. The van der Waals surface area contributed by atoms with Crippen molar-refractivity contribution in [2.45, 2.75) is 13.3 Å². The van der Waals surface area contributed by atoms with Gasteiger partial charge in [0.1, 0.15) is 5.82 Å². The first kappa shape index (κ1) is 15.1. The van der Waals surface area contributed by atoms with Crippen LogP contribution in [0.25, 0.3) is 0 Å². The van der Waals surface area contributed by atoms with Crippen LogP contribution in [0.5, 0.6) is 0 Å². The first-order chi connectivity index (χ1) is 9.99. The summed E-state index contributed by atoms with van der Waals surface area (Å²) >= 11 is 0. The fraction of sp³-hybridized carbons (Fsp3) is 0.188. The second kappa shape index (κ2) is 6.43. The fourth-order valence-electron chi connectivity index (χ4n) is 2.02. The molecule has 0 aliphatic carbocycles. The van der Waals surface area contributed by atoms with Gasteiger partial charge in [-0.1, -0.05) is 12.1 Å². The molecule has 5 heteroatoms. The van der Waals surface area contributed by atoms with Crippen LogP contribution in [-0.2, 0) is 6.42 Å². The molecule has 0 unspecified atom stereocenters. The van der Waals surface area contributed by atoms with E-state index in [0.29, 0.717) is 6.42 Å². The molecular weight excluding hydrogens is 279 g/mol. The minimum atomic E-state index is -1.16. The van der Waals surface area contributed by atoms with E-state index in [0.717, 1.165) is 17.2 Å². The molecule has 0 aliphatic heterocycles. The fourth-order valence-corrected chi connectivity index (χ4v) is 2.02. The molecule has 0 fully saturated rings. The van der Waals surface area contributed by atoms with Gasteiger partial charge in [-0.3, -0.25) is 4.79 Å². The molecule has 0 atom stereocenters. The Bertz CT molecular complexity index is 671. The third-order valence-electron chi connectivity index (χ3n) is 3.18. The average molecular weight is 293 g/mol. The number of aryl methyl sites for hydroxylation is 1. The van der Waals surface area contributed by atoms with E-state index in [1.54, 1.807) is 13.0 Å². The van der Waals surface area contributed by atoms with Crippen LogP contribution in [0.2, 0.25) is 0 Å². The van der Waals surface area contributed by atoms with E-state index in [2.05, 4.69) is 5.32 Å². The standard InChI is InChI=1S/C16H14F3NO/c1-10-9-12(17)6-5-11(10)7-8-20-16(21)13-3-2-4-14(18)15(13)19/h2-6,9H,7-8H2,1H3,(H,20,21). The number of carbonyl (C=O) groups excluding carboxylic acids is 1. The molecule has 21 heavy (non-hydrogen) atoms. The maximum Gasteiger partial charge on any atom is 0.254 e. The predicted molar refractivity (Wildman–Crippen MR) is 73.5 cm³/mol. The maximum atomic E-state index is 13.4. The van der Waals surface area contributed by atoms with Crippen molar-refractivity contribution < 1.29 is 18.0 Å². The quantitative estimate of drug-likeness (QED) is 0.920. The van der Waals surface area contributed by atoms with Crippen molar-refractivity contribution in [3.63, 3.8) is 0 Å². The highest BCUT2D eigenvalue weighted by Gasteiger charge is 2.14. The lowest BCUT2D eigenvalue weighted by Gasteiger charge is -2.08. The topological polar surface area (TPSA) is 29.1 Å². The van der Waals surface area contributed by atoms with E-state index in [1.165, 1.54) is 24.3 Å². The van der Waals surface area contributed by atoms with Gasteiger partial charge in [0.25, 0.3) is 5.91 Å². The molecule has 2 rings (SSSR count). The van der Waals surface area contributed by atoms with Gasteiger partial charge in [-0.25, -0.2) is 13.2 Å². The zero-order valence-electron chi connectivity index (χ0n) is 11.4. The van der Waals surface area contributed by atoms with Gasteiger partial charge in [0, 0.05) is 6.54 Å². The Morgan fingerprint density at radius 2 is 1.90 bits per heavy atom. The van der Waals surface area contributed by atoms with Crippen molar-refractivity contribution in [1.29, 1.82) is 0 Å². The summed E-state index contributed by atoms with van der Waals surface area (Å²) in [6.45, 7) is 2.02. The summed E-state index contributed by atoms with van der Waals surface area (Å²) in [7, 11) is 0. The molecule has 110 valence electrons. The zero-order valence-corrected chi connectivity index (χ0v) is 11.4. The lowest BCUT2D eigenvalue weighted by atomic mass is 10.1. The third kappa shape index (κ3) is 3.62. The minimum Gasteiger partial charge on any atom is -0.352 e. The van der Waals surface area contributed by atoms with Gasteiger partial charge in [0.2, 0.25) is 0 Å². The monoisotopic (exact) mass is 293 g/mol. The number of amides is 1. The van der Waals surface area contributed by atoms with Crippen LogP contribution in [0.15, 0.2) is 36.4 Å². The molecule has 0 radical (unpaired) electrons. The van der Waals surface area contributed by atoms with E-state index in [-0.39, 0.29) is 17.9 Å². The summed E-state index contributed by atoms with van der Waals surface area (Å²) in [5, 5.41) is 2.52. The molecule has 0 saturated carbocycles. The second-order valence-corrected chi connectivity index (χ2v) is 4.68. The normalized spacial score (nSPS) is 10.5. The van der Waals surface area contributed by atoms with Gasteiger partial charge in [-0.15, -0.1) is 0 Å². The van der Waals surface area contributed by atoms with Gasteiger partial charge in [0.05, 0.1) is 5.56 Å². The Kier molecular flexibility index (Phi) is 4.62. The van der Waals surface area contributed by atoms with Crippen LogP contribution in [0.3, 0.4) is 0 Å². The van der Waals surface area contributed by atoms with Gasteiger partial charge >= 0.3 is 0 Å². The Morgan fingerprint density at radius 1 is 1.14 bits per heavy atom. The SMILES string of the molecule is Cc1cc(F)ccc1CCNC(=O)c1cccc(F)c1F. The number of hydrogen-bond acceptors (Lipinski definition) is 1. The van der Waals surface area contributed by atoms with Crippen molar-refractivity contribution >= 4 is 5.91 Å². The van der Waals surface area contributed by atoms with Crippen LogP contribution < -0.4 is 5.32 Å². The van der Waals surface area contributed by atoms with E-state index in [1.807, 2.05) is 0 Å². The summed E-state index contributed by atoms with van der Waals surface area (Å²) in [4.78, 5) is 11.8. The van der Waals surface area contributed by atoms with Gasteiger partial charge < -0.3 is 5.32 Å². The number of nitrogens with one attached hydrogen (secondary N) is 1. The molecule has 1 N–H and O–H groups in total. The van der Waals surface area contributed by atoms with Crippen LogP contribution in [-0.4, -0.2) is 12.5 Å². The zero-order chi connectivity index (χ0) is 15.4. The number of benzene rings is 2. The molecular formula is C16H14F3NO. The summed E-state index contributed by atoms with van der Waals surface area (Å²) in [6.07, 6.45) is 0.481. The lowest BCUT2D eigenvalue weighted by Crippen LogP contribution is -2.27. The van der Waals surface area contributed by atoms with Gasteiger partial charge in [0.15, 0.2) is 11.6 Å². The smallest absolute Gasteiger partial charge is 0.254 e. The van der Waals surface area contributed by atoms with E-state index < -0.39 is 17.5 Å². The number of rotatable bonds is 4. The Balaban J connectivity index is 1.97. The Hall–Kier alpha value is -2.30. The molecule has 2 aromatic carbocycles. The highest BCUT2D eigenvalue weighted by atomic mass is 19.2. The summed E-state index contributed by atoms with van der Waals surface area (Å²) in [5.74, 6) is -3.21. The average Bonchev–Trinajstić information content (AvgIpc) is 2.44. The third-order valence-corrected chi connectivity index (χ3v) is 3.18. The lowest BCUT2D eigenvalue weighted by molar-refractivity contribution is 0.0949.